The number of hydrogen-bond acceptors (Lipinski definition) is 4. The molecule has 3 rings (SSSR count). The van der Waals surface area contributed by atoms with Crippen LogP contribution < -0.4 is 15.4 Å². The van der Waals surface area contributed by atoms with E-state index in [1.165, 1.54) is 5.39 Å². The molecule has 0 fully saturated rings. The van der Waals surface area contributed by atoms with Gasteiger partial charge in [-0.15, -0.1) is 24.0 Å². The van der Waals surface area contributed by atoms with Gasteiger partial charge in [0.05, 0.1) is 25.9 Å². The Morgan fingerprint density at radius 3 is 2.55 bits per heavy atom. The Hall–Kier alpha value is -2.29. The monoisotopic (exact) mass is 508 g/mol. The van der Waals surface area contributed by atoms with Crippen LogP contribution in [0.1, 0.15) is 43.7 Å². The number of aliphatic imine (C=N–C) groups is 1. The summed E-state index contributed by atoms with van der Waals surface area (Å²) in [4.78, 5) is 4.69. The fraction of sp³-hybridized carbons (Fsp3) is 0.364. The number of benzene rings is 2. The molecule has 0 aliphatic heterocycles. The summed E-state index contributed by atoms with van der Waals surface area (Å²) in [6.07, 6.45) is 0. The van der Waals surface area contributed by atoms with Crippen molar-refractivity contribution in [1.82, 2.24) is 15.8 Å². The van der Waals surface area contributed by atoms with E-state index < -0.39 is 0 Å². The highest BCUT2D eigenvalue weighted by Crippen LogP contribution is 2.22. The Kier molecular flexibility index (Phi) is 8.75. The Morgan fingerprint density at radius 1 is 1.10 bits per heavy atom. The van der Waals surface area contributed by atoms with Crippen molar-refractivity contribution in [3.05, 3.63) is 59.5 Å². The molecule has 6 nitrogen and oxygen atoms in total. The average molecular weight is 508 g/mol. The summed E-state index contributed by atoms with van der Waals surface area (Å²) < 4.78 is 10.7. The zero-order chi connectivity index (χ0) is 19.9. The molecule has 156 valence electrons. The number of guanidine groups is 1. The van der Waals surface area contributed by atoms with Crippen LogP contribution >= 0.6 is 24.0 Å². The van der Waals surface area contributed by atoms with Gasteiger partial charge in [-0.05, 0) is 47.4 Å². The summed E-state index contributed by atoms with van der Waals surface area (Å²) in [6.45, 7) is 8.16. The molecule has 0 atom stereocenters. The molecule has 29 heavy (non-hydrogen) atoms. The summed E-state index contributed by atoms with van der Waals surface area (Å²) in [5, 5.41) is 13.0. The lowest BCUT2D eigenvalue weighted by atomic mass is 10.1. The van der Waals surface area contributed by atoms with Crippen LogP contribution in [0.4, 0.5) is 0 Å². The van der Waals surface area contributed by atoms with Gasteiger partial charge in [0.1, 0.15) is 5.75 Å². The van der Waals surface area contributed by atoms with Crippen molar-refractivity contribution in [2.75, 3.05) is 13.7 Å². The number of methoxy groups -OCH3 is 1. The van der Waals surface area contributed by atoms with E-state index in [0.717, 1.165) is 40.7 Å². The molecule has 0 aliphatic rings. The number of fused-ring (bicyclic) bond motifs is 1. The number of hydrogen-bond donors (Lipinski definition) is 2. The molecule has 2 aromatic carbocycles. The van der Waals surface area contributed by atoms with Crippen LogP contribution in [0.3, 0.4) is 0 Å². The summed E-state index contributed by atoms with van der Waals surface area (Å²) in [5.41, 5.74) is 2.11. The van der Waals surface area contributed by atoms with Gasteiger partial charge < -0.3 is 19.9 Å². The molecule has 0 unspecified atom stereocenters. The zero-order valence-corrected chi connectivity index (χ0v) is 19.7. The second-order valence-electron chi connectivity index (χ2n) is 6.97. The Morgan fingerprint density at radius 2 is 1.86 bits per heavy atom. The van der Waals surface area contributed by atoms with E-state index in [2.05, 4.69) is 58.9 Å². The zero-order valence-electron chi connectivity index (χ0n) is 17.4. The van der Waals surface area contributed by atoms with Crippen molar-refractivity contribution in [2.45, 2.75) is 39.8 Å². The smallest absolute Gasteiger partial charge is 0.191 e. The summed E-state index contributed by atoms with van der Waals surface area (Å²) in [6, 6.07) is 14.4. The average Bonchev–Trinajstić information content (AvgIpc) is 3.19. The predicted octanol–water partition coefficient (Wildman–Crippen LogP) is 4.83. The third-order valence-electron chi connectivity index (χ3n) is 4.47. The summed E-state index contributed by atoms with van der Waals surface area (Å²) >= 11 is 0. The van der Waals surface area contributed by atoms with Crippen molar-refractivity contribution in [2.24, 2.45) is 4.99 Å². The number of nitrogens with one attached hydrogen (secondary N) is 2. The van der Waals surface area contributed by atoms with Crippen LogP contribution in [0.15, 0.2) is 52.0 Å². The number of halogens is 1. The normalized spacial score (nSPS) is 11.4. The van der Waals surface area contributed by atoms with Gasteiger partial charge in [0, 0.05) is 12.6 Å². The third kappa shape index (κ3) is 6.35. The quantitative estimate of drug-likeness (QED) is 0.272. The van der Waals surface area contributed by atoms with Crippen molar-refractivity contribution in [1.29, 1.82) is 0 Å². The van der Waals surface area contributed by atoms with Crippen molar-refractivity contribution in [3.63, 3.8) is 0 Å². The fourth-order valence-electron chi connectivity index (χ4n) is 2.87. The second-order valence-corrected chi connectivity index (χ2v) is 6.97. The standard InChI is InChI=1S/C22H28N4O2.HI/c1-5-23-22(25-14-20-12-21(15(2)3)26-28-20)24-13-16-6-7-18-11-19(27-4)9-8-17(18)10-16;/h6-12,15H,5,13-14H2,1-4H3,(H2,23,24,25);1H. The first-order valence-electron chi connectivity index (χ1n) is 9.63. The lowest BCUT2D eigenvalue weighted by Gasteiger charge is -2.10. The van der Waals surface area contributed by atoms with Crippen molar-refractivity contribution in [3.8, 4) is 5.75 Å². The lowest BCUT2D eigenvalue weighted by Crippen LogP contribution is -2.36. The molecule has 0 amide bonds. The SMILES string of the molecule is CCNC(=NCc1ccc2cc(OC)ccc2c1)NCc1cc(C(C)C)no1.I. The first-order chi connectivity index (χ1) is 13.6. The van der Waals surface area contributed by atoms with E-state index in [0.29, 0.717) is 19.0 Å². The third-order valence-corrected chi connectivity index (χ3v) is 4.47. The molecule has 0 aliphatic carbocycles. The predicted molar refractivity (Wildman–Crippen MR) is 128 cm³/mol. The minimum absolute atomic E-state index is 0. The van der Waals surface area contributed by atoms with Gasteiger partial charge in [-0.25, -0.2) is 4.99 Å². The van der Waals surface area contributed by atoms with Crippen LogP contribution in [0.2, 0.25) is 0 Å². The Bertz CT molecular complexity index is 953. The highest BCUT2D eigenvalue weighted by atomic mass is 127. The van der Waals surface area contributed by atoms with Gasteiger partial charge in [-0.1, -0.05) is 37.2 Å². The minimum atomic E-state index is 0. The summed E-state index contributed by atoms with van der Waals surface area (Å²) in [7, 11) is 1.68. The molecule has 0 saturated heterocycles. The van der Waals surface area contributed by atoms with E-state index in [1.54, 1.807) is 7.11 Å². The molecule has 0 saturated carbocycles. The van der Waals surface area contributed by atoms with Crippen LogP contribution in [-0.2, 0) is 13.1 Å². The molecule has 1 heterocycles. The van der Waals surface area contributed by atoms with Gasteiger partial charge >= 0.3 is 0 Å². The van der Waals surface area contributed by atoms with Crippen molar-refractivity contribution >= 4 is 40.7 Å². The minimum Gasteiger partial charge on any atom is -0.497 e. The maximum atomic E-state index is 5.38. The lowest BCUT2D eigenvalue weighted by molar-refractivity contribution is 0.372. The Labute approximate surface area is 189 Å². The van der Waals surface area contributed by atoms with Crippen LogP contribution in [0.25, 0.3) is 10.8 Å². The van der Waals surface area contributed by atoms with Crippen molar-refractivity contribution < 1.29 is 9.26 Å². The molecule has 7 heteroatoms. The van der Waals surface area contributed by atoms with E-state index in [4.69, 9.17) is 9.26 Å². The Balaban J connectivity index is 0.00000300. The van der Waals surface area contributed by atoms with Crippen LogP contribution in [0, 0.1) is 0 Å². The molecule has 3 aromatic rings. The number of nitrogens with zero attached hydrogens (tertiary/aromatic N) is 2. The first kappa shape index (κ1) is 23.0. The van der Waals surface area contributed by atoms with Crippen LogP contribution in [-0.4, -0.2) is 24.8 Å². The molecular weight excluding hydrogens is 479 g/mol. The van der Waals surface area contributed by atoms with Gasteiger partial charge in [0.25, 0.3) is 0 Å². The van der Waals surface area contributed by atoms with Crippen LogP contribution in [0.5, 0.6) is 5.75 Å². The van der Waals surface area contributed by atoms with E-state index in [1.807, 2.05) is 25.1 Å². The largest absolute Gasteiger partial charge is 0.497 e. The van der Waals surface area contributed by atoms with Gasteiger partial charge in [0.2, 0.25) is 0 Å². The van der Waals surface area contributed by atoms with E-state index in [9.17, 15) is 0 Å². The molecule has 0 bridgehead atoms. The number of ether oxygens (including phenoxy) is 1. The highest BCUT2D eigenvalue weighted by molar-refractivity contribution is 14.0. The fourth-order valence-corrected chi connectivity index (χ4v) is 2.87. The molecule has 0 radical (unpaired) electrons. The van der Waals surface area contributed by atoms with Gasteiger partial charge in [-0.3, -0.25) is 0 Å². The first-order valence-corrected chi connectivity index (χ1v) is 9.63. The summed E-state index contributed by atoms with van der Waals surface area (Å²) in [5.74, 6) is 2.77. The number of rotatable bonds is 7. The molecule has 0 spiro atoms. The molecule has 1 aromatic heterocycles. The van der Waals surface area contributed by atoms with Gasteiger partial charge in [-0.2, -0.15) is 0 Å². The second kappa shape index (κ2) is 11.0. The van der Waals surface area contributed by atoms with Gasteiger partial charge in [0.15, 0.2) is 11.7 Å². The van der Waals surface area contributed by atoms with E-state index in [-0.39, 0.29) is 24.0 Å². The molecule has 2 N–H and O–H groups in total. The highest BCUT2D eigenvalue weighted by Gasteiger charge is 2.08. The maximum absolute atomic E-state index is 5.38. The maximum Gasteiger partial charge on any atom is 0.191 e. The number of aromatic nitrogens is 1. The van der Waals surface area contributed by atoms with E-state index >= 15 is 0 Å². The molecular formula is C22H29IN4O2. The topological polar surface area (TPSA) is 71.7 Å².